The number of ether oxygens (including phenoxy) is 1. The van der Waals surface area contributed by atoms with E-state index in [1.165, 1.54) is 0 Å². The number of halogens is 3. The highest BCUT2D eigenvalue weighted by Gasteiger charge is 2.03. The summed E-state index contributed by atoms with van der Waals surface area (Å²) < 4.78 is 5.85. The Bertz CT molecular complexity index is 867. The van der Waals surface area contributed by atoms with Crippen molar-refractivity contribution in [3.8, 4) is 5.75 Å². The minimum atomic E-state index is 0.473. The van der Waals surface area contributed by atoms with Crippen molar-refractivity contribution in [1.29, 1.82) is 0 Å². The normalized spacial score (nSPS) is 10.5. The minimum Gasteiger partial charge on any atom is -0.489 e. The van der Waals surface area contributed by atoms with Crippen LogP contribution in [0.3, 0.4) is 0 Å². The van der Waals surface area contributed by atoms with E-state index in [9.17, 15) is 0 Å². The average molecular weight is 393 g/mol. The van der Waals surface area contributed by atoms with E-state index in [0.717, 1.165) is 22.6 Å². The van der Waals surface area contributed by atoms with Gasteiger partial charge in [0.15, 0.2) is 0 Å². The Labute approximate surface area is 162 Å². The number of benzene rings is 3. The molecule has 3 aromatic rings. The van der Waals surface area contributed by atoms with Crippen LogP contribution in [-0.4, -0.2) is 0 Å². The molecule has 3 aromatic carbocycles. The van der Waals surface area contributed by atoms with Crippen LogP contribution in [0.2, 0.25) is 15.1 Å². The molecule has 0 aromatic heterocycles. The fourth-order valence-corrected chi connectivity index (χ4v) is 3.06. The first kappa shape index (κ1) is 17.9. The molecule has 25 heavy (non-hydrogen) atoms. The first-order valence-corrected chi connectivity index (χ1v) is 8.89. The summed E-state index contributed by atoms with van der Waals surface area (Å²) in [6.07, 6.45) is 0. The molecule has 0 spiro atoms. The molecule has 0 radical (unpaired) electrons. The number of anilines is 1. The SMILES string of the molecule is Clc1cccc(COc2cccc(CNc3ccc(Cl)cc3Cl)c2)c1. The van der Waals surface area contributed by atoms with Gasteiger partial charge in [0.1, 0.15) is 12.4 Å². The monoisotopic (exact) mass is 391 g/mol. The van der Waals surface area contributed by atoms with Gasteiger partial charge in [-0.1, -0.05) is 59.1 Å². The third kappa shape index (κ3) is 5.30. The van der Waals surface area contributed by atoms with E-state index in [-0.39, 0.29) is 0 Å². The molecule has 0 bridgehead atoms. The van der Waals surface area contributed by atoms with E-state index >= 15 is 0 Å². The van der Waals surface area contributed by atoms with E-state index in [4.69, 9.17) is 39.5 Å². The molecule has 0 atom stereocenters. The van der Waals surface area contributed by atoms with Crippen LogP contribution in [0.1, 0.15) is 11.1 Å². The lowest BCUT2D eigenvalue weighted by Crippen LogP contribution is -2.01. The van der Waals surface area contributed by atoms with E-state index in [1.54, 1.807) is 12.1 Å². The maximum atomic E-state index is 6.17. The van der Waals surface area contributed by atoms with Crippen LogP contribution in [0.25, 0.3) is 0 Å². The van der Waals surface area contributed by atoms with Crippen LogP contribution < -0.4 is 10.1 Å². The van der Waals surface area contributed by atoms with Crippen LogP contribution in [0, 0.1) is 0 Å². The zero-order valence-corrected chi connectivity index (χ0v) is 15.6. The van der Waals surface area contributed by atoms with E-state index < -0.39 is 0 Å². The molecule has 0 aliphatic rings. The molecule has 0 aliphatic heterocycles. The summed E-state index contributed by atoms with van der Waals surface area (Å²) in [6, 6.07) is 21.0. The Morgan fingerprint density at radius 1 is 0.760 bits per heavy atom. The Morgan fingerprint density at radius 3 is 2.32 bits per heavy atom. The molecule has 0 saturated carbocycles. The van der Waals surface area contributed by atoms with E-state index in [2.05, 4.69) is 5.32 Å². The Morgan fingerprint density at radius 2 is 1.52 bits per heavy atom. The molecule has 0 aliphatic carbocycles. The molecule has 5 heteroatoms. The molecular formula is C20H16Cl3NO. The van der Waals surface area contributed by atoms with Gasteiger partial charge in [0.05, 0.1) is 10.7 Å². The van der Waals surface area contributed by atoms with Gasteiger partial charge < -0.3 is 10.1 Å². The van der Waals surface area contributed by atoms with Crippen molar-refractivity contribution in [1.82, 2.24) is 0 Å². The number of rotatable bonds is 6. The standard InChI is InChI=1S/C20H16Cl3NO/c21-16-5-1-4-15(9-16)13-25-18-6-2-3-14(10-18)12-24-20-8-7-17(22)11-19(20)23/h1-11,24H,12-13H2. The highest BCUT2D eigenvalue weighted by Crippen LogP contribution is 2.26. The van der Waals surface area contributed by atoms with Crippen LogP contribution in [-0.2, 0) is 13.2 Å². The second-order valence-corrected chi connectivity index (χ2v) is 6.82. The first-order chi connectivity index (χ1) is 12.1. The number of hydrogen-bond donors (Lipinski definition) is 1. The lowest BCUT2D eigenvalue weighted by Gasteiger charge is -2.11. The lowest BCUT2D eigenvalue weighted by atomic mass is 10.2. The van der Waals surface area contributed by atoms with Crippen molar-refractivity contribution in [3.05, 3.63) is 92.9 Å². The Hall–Kier alpha value is -1.87. The highest BCUT2D eigenvalue weighted by atomic mass is 35.5. The van der Waals surface area contributed by atoms with Gasteiger partial charge in [-0.05, 0) is 53.6 Å². The predicted molar refractivity (Wildman–Crippen MR) is 106 cm³/mol. The summed E-state index contributed by atoms with van der Waals surface area (Å²) in [6.45, 7) is 1.11. The summed E-state index contributed by atoms with van der Waals surface area (Å²) in [4.78, 5) is 0. The van der Waals surface area contributed by atoms with Gasteiger partial charge >= 0.3 is 0 Å². The molecule has 2 nitrogen and oxygen atoms in total. The van der Waals surface area contributed by atoms with Crippen molar-refractivity contribution in [2.45, 2.75) is 13.2 Å². The van der Waals surface area contributed by atoms with Crippen molar-refractivity contribution in [3.63, 3.8) is 0 Å². The maximum absolute atomic E-state index is 6.17. The summed E-state index contributed by atoms with van der Waals surface area (Å²) in [5, 5.41) is 5.22. The maximum Gasteiger partial charge on any atom is 0.120 e. The van der Waals surface area contributed by atoms with Crippen molar-refractivity contribution in [2.75, 3.05) is 5.32 Å². The Kier molecular flexibility index (Phi) is 6.09. The van der Waals surface area contributed by atoms with E-state index in [1.807, 2.05) is 54.6 Å². The second kappa shape index (κ2) is 8.48. The third-order valence-corrected chi connectivity index (χ3v) is 4.39. The van der Waals surface area contributed by atoms with Gasteiger partial charge in [0.2, 0.25) is 0 Å². The van der Waals surface area contributed by atoms with Crippen LogP contribution in [0.4, 0.5) is 5.69 Å². The molecule has 1 N–H and O–H groups in total. The van der Waals surface area contributed by atoms with Gasteiger partial charge in [0, 0.05) is 16.6 Å². The van der Waals surface area contributed by atoms with E-state index in [0.29, 0.717) is 28.2 Å². The van der Waals surface area contributed by atoms with Gasteiger partial charge in [-0.25, -0.2) is 0 Å². The first-order valence-electron chi connectivity index (χ1n) is 7.75. The molecule has 0 unspecified atom stereocenters. The van der Waals surface area contributed by atoms with Gasteiger partial charge in [0.25, 0.3) is 0 Å². The van der Waals surface area contributed by atoms with Crippen LogP contribution >= 0.6 is 34.8 Å². The average Bonchev–Trinajstić information content (AvgIpc) is 2.60. The predicted octanol–water partition coefficient (Wildman–Crippen LogP) is 6.84. The van der Waals surface area contributed by atoms with Crippen molar-refractivity contribution in [2.24, 2.45) is 0 Å². The summed E-state index contributed by atoms with van der Waals surface area (Å²) >= 11 is 18.1. The molecule has 0 fully saturated rings. The number of nitrogens with one attached hydrogen (secondary N) is 1. The fraction of sp³-hybridized carbons (Fsp3) is 0.100. The van der Waals surface area contributed by atoms with Crippen molar-refractivity contribution >= 4 is 40.5 Å². The fourth-order valence-electron chi connectivity index (χ4n) is 2.37. The molecule has 128 valence electrons. The zero-order chi connectivity index (χ0) is 17.6. The molecule has 0 amide bonds. The molecule has 0 heterocycles. The second-order valence-electron chi connectivity index (χ2n) is 5.54. The lowest BCUT2D eigenvalue weighted by molar-refractivity contribution is 0.306. The van der Waals surface area contributed by atoms with Gasteiger partial charge in [-0.3, -0.25) is 0 Å². The van der Waals surface area contributed by atoms with Crippen molar-refractivity contribution < 1.29 is 4.74 Å². The largest absolute Gasteiger partial charge is 0.489 e. The summed E-state index contributed by atoms with van der Waals surface area (Å²) in [5.74, 6) is 0.807. The topological polar surface area (TPSA) is 21.3 Å². The van der Waals surface area contributed by atoms with Crippen LogP contribution in [0.5, 0.6) is 5.75 Å². The van der Waals surface area contributed by atoms with Gasteiger partial charge in [-0.15, -0.1) is 0 Å². The summed E-state index contributed by atoms with van der Waals surface area (Å²) in [7, 11) is 0. The zero-order valence-electron chi connectivity index (χ0n) is 13.3. The molecule has 3 rings (SSSR count). The number of hydrogen-bond acceptors (Lipinski definition) is 2. The third-order valence-electron chi connectivity index (χ3n) is 3.61. The minimum absolute atomic E-state index is 0.473. The molecule has 0 saturated heterocycles. The quantitative estimate of drug-likeness (QED) is 0.496. The molecular weight excluding hydrogens is 377 g/mol. The van der Waals surface area contributed by atoms with Crippen LogP contribution in [0.15, 0.2) is 66.7 Å². The van der Waals surface area contributed by atoms with Gasteiger partial charge in [-0.2, -0.15) is 0 Å². The smallest absolute Gasteiger partial charge is 0.120 e. The summed E-state index contributed by atoms with van der Waals surface area (Å²) in [5.41, 5.74) is 2.97. The highest BCUT2D eigenvalue weighted by molar-refractivity contribution is 6.36. The Balaban J connectivity index is 1.61.